The fraction of sp³-hybridized carbons (Fsp3) is 0.308. The molecular weight excluding hydrogens is 329 g/mol. The molecule has 9 heteroatoms. The number of ether oxygens (including phenoxy) is 1. The number of anilines is 1. The van der Waals surface area contributed by atoms with Gasteiger partial charge >= 0.3 is 0 Å². The van der Waals surface area contributed by atoms with Crippen LogP contribution in [0.15, 0.2) is 36.9 Å². The first-order chi connectivity index (χ1) is 9.78. The van der Waals surface area contributed by atoms with Crippen LogP contribution in [-0.2, 0) is 11.3 Å². The van der Waals surface area contributed by atoms with Crippen LogP contribution in [0.4, 0.5) is 5.69 Å². The number of hydrogen-bond donors (Lipinski definition) is 2. The zero-order chi connectivity index (χ0) is 14.2. The first-order valence-corrected chi connectivity index (χ1v) is 6.33. The van der Waals surface area contributed by atoms with E-state index < -0.39 is 0 Å². The molecule has 0 atom stereocenters. The maximum atomic E-state index is 11.4. The fourth-order valence-electron chi connectivity index (χ4n) is 1.62. The molecule has 0 radical (unpaired) electrons. The predicted octanol–water partition coefficient (Wildman–Crippen LogP) is 1.49. The minimum Gasteiger partial charge on any atom is -0.492 e. The Morgan fingerprint density at radius 3 is 2.86 bits per heavy atom. The molecule has 2 rings (SSSR count). The van der Waals surface area contributed by atoms with Crippen LogP contribution < -0.4 is 15.8 Å². The molecule has 7 nitrogen and oxygen atoms in total. The number of carbonyl (C=O) groups excluding carboxylic acids is 1. The number of hydrogen-bond acceptors (Lipinski definition) is 5. The highest BCUT2D eigenvalue weighted by molar-refractivity contribution is 5.90. The lowest BCUT2D eigenvalue weighted by Crippen LogP contribution is -2.16. The zero-order valence-electron chi connectivity index (χ0n) is 11.8. The second-order valence-corrected chi connectivity index (χ2v) is 4.12. The Kier molecular flexibility index (Phi) is 9.93. The average molecular weight is 348 g/mol. The van der Waals surface area contributed by atoms with Gasteiger partial charge in [-0.25, -0.2) is 9.67 Å². The highest BCUT2D eigenvalue weighted by Crippen LogP contribution is 2.17. The number of aromatic nitrogens is 3. The topological polar surface area (TPSA) is 95.1 Å². The van der Waals surface area contributed by atoms with Gasteiger partial charge in [-0.2, -0.15) is 5.10 Å². The van der Waals surface area contributed by atoms with Crippen LogP contribution in [0.5, 0.6) is 5.75 Å². The molecule has 0 saturated carbocycles. The summed E-state index contributed by atoms with van der Waals surface area (Å²) >= 11 is 0. The summed E-state index contributed by atoms with van der Waals surface area (Å²) in [5, 5.41) is 6.74. The molecule has 0 unspecified atom stereocenters. The van der Waals surface area contributed by atoms with Gasteiger partial charge in [-0.1, -0.05) is 6.07 Å². The number of nitrogens with two attached hydrogens (primary N) is 1. The molecule has 1 aromatic carbocycles. The molecule has 1 amide bonds. The van der Waals surface area contributed by atoms with Gasteiger partial charge < -0.3 is 15.8 Å². The quantitative estimate of drug-likeness (QED) is 0.790. The second kappa shape index (κ2) is 10.8. The molecule has 3 N–H and O–H groups in total. The van der Waals surface area contributed by atoms with Crippen molar-refractivity contribution in [3.8, 4) is 5.75 Å². The van der Waals surface area contributed by atoms with Gasteiger partial charge in [0.15, 0.2) is 0 Å². The zero-order valence-corrected chi connectivity index (χ0v) is 13.5. The van der Waals surface area contributed by atoms with Crippen molar-refractivity contribution in [1.29, 1.82) is 0 Å². The van der Waals surface area contributed by atoms with Crippen LogP contribution in [0.1, 0.15) is 6.42 Å². The molecule has 0 aliphatic heterocycles. The molecule has 0 spiro atoms. The van der Waals surface area contributed by atoms with E-state index in [0.717, 1.165) is 0 Å². The van der Waals surface area contributed by atoms with Gasteiger partial charge in [-0.15, -0.1) is 24.8 Å². The van der Waals surface area contributed by atoms with E-state index in [0.29, 0.717) is 37.6 Å². The Morgan fingerprint density at radius 2 is 2.18 bits per heavy atom. The van der Waals surface area contributed by atoms with Gasteiger partial charge in [-0.3, -0.25) is 4.79 Å². The molecule has 0 aliphatic rings. The Hall–Kier alpha value is -1.83. The largest absolute Gasteiger partial charge is 0.492 e. The molecular formula is C13H19Cl2N5O2. The molecule has 0 bridgehead atoms. The first-order valence-electron chi connectivity index (χ1n) is 6.33. The molecule has 2 aromatic rings. The van der Waals surface area contributed by atoms with E-state index in [1.54, 1.807) is 23.1 Å². The number of nitrogens with one attached hydrogen (secondary N) is 1. The summed E-state index contributed by atoms with van der Waals surface area (Å²) < 4.78 is 7.28. The number of amides is 1. The summed E-state index contributed by atoms with van der Waals surface area (Å²) in [6.07, 6.45) is 3.41. The van der Waals surface area contributed by atoms with E-state index >= 15 is 0 Å². The lowest BCUT2D eigenvalue weighted by molar-refractivity contribution is -0.116. The Balaban J connectivity index is 0.00000220. The van der Waals surface area contributed by atoms with Crippen molar-refractivity contribution in [1.82, 2.24) is 14.8 Å². The third kappa shape index (κ3) is 6.75. The van der Waals surface area contributed by atoms with E-state index in [1.165, 1.54) is 6.33 Å². The molecule has 0 aliphatic carbocycles. The summed E-state index contributed by atoms with van der Waals surface area (Å²) in [6, 6.07) is 7.23. The van der Waals surface area contributed by atoms with Crippen molar-refractivity contribution in [2.24, 2.45) is 5.73 Å². The summed E-state index contributed by atoms with van der Waals surface area (Å²) in [5.74, 6) is 0.586. The van der Waals surface area contributed by atoms with Crippen molar-refractivity contribution in [2.45, 2.75) is 13.0 Å². The minimum atomic E-state index is -0.104. The van der Waals surface area contributed by atoms with Crippen molar-refractivity contribution in [2.75, 3.05) is 18.5 Å². The Morgan fingerprint density at radius 1 is 1.36 bits per heavy atom. The van der Waals surface area contributed by atoms with E-state index in [-0.39, 0.29) is 30.7 Å². The van der Waals surface area contributed by atoms with Gasteiger partial charge in [0, 0.05) is 24.7 Å². The van der Waals surface area contributed by atoms with E-state index in [1.807, 2.05) is 12.1 Å². The Labute approximate surface area is 141 Å². The van der Waals surface area contributed by atoms with E-state index in [4.69, 9.17) is 10.5 Å². The van der Waals surface area contributed by atoms with Gasteiger partial charge in [-0.05, 0) is 12.1 Å². The summed E-state index contributed by atoms with van der Waals surface area (Å²) in [4.78, 5) is 15.3. The third-order valence-electron chi connectivity index (χ3n) is 2.54. The fourth-order valence-corrected chi connectivity index (χ4v) is 1.62. The number of rotatable bonds is 7. The van der Waals surface area contributed by atoms with E-state index in [9.17, 15) is 4.79 Å². The molecule has 0 fully saturated rings. The number of nitrogens with zero attached hydrogens (tertiary/aromatic N) is 3. The van der Waals surface area contributed by atoms with Gasteiger partial charge in [0.05, 0.1) is 6.54 Å². The number of halogens is 2. The standard InChI is InChI=1S/C13H17N5O2.2ClH/c14-5-4-13(19)17-11-2-1-3-12(8-11)20-7-6-18-10-15-9-16-18;;/h1-3,8-10H,4-7,14H2,(H,17,19);2*1H. The maximum Gasteiger partial charge on any atom is 0.225 e. The number of carbonyl (C=O) groups is 1. The SMILES string of the molecule is Cl.Cl.NCCC(=O)Nc1cccc(OCCn2cncn2)c1. The average Bonchev–Trinajstić information content (AvgIpc) is 2.92. The first kappa shape index (κ1) is 20.2. The Bertz CT molecular complexity index is 551. The van der Waals surface area contributed by atoms with E-state index in [2.05, 4.69) is 15.4 Å². The lowest BCUT2D eigenvalue weighted by atomic mass is 10.3. The van der Waals surface area contributed by atoms with Crippen molar-refractivity contribution < 1.29 is 9.53 Å². The molecule has 0 saturated heterocycles. The molecule has 22 heavy (non-hydrogen) atoms. The van der Waals surface area contributed by atoms with Crippen molar-refractivity contribution >= 4 is 36.4 Å². The van der Waals surface area contributed by atoms with Crippen LogP contribution in [0.3, 0.4) is 0 Å². The van der Waals surface area contributed by atoms with Crippen LogP contribution >= 0.6 is 24.8 Å². The third-order valence-corrected chi connectivity index (χ3v) is 2.54. The summed E-state index contributed by atoms with van der Waals surface area (Å²) in [5.41, 5.74) is 6.02. The van der Waals surface area contributed by atoms with Gasteiger partial charge in [0.2, 0.25) is 5.91 Å². The van der Waals surface area contributed by atoms with Crippen LogP contribution in [0, 0.1) is 0 Å². The smallest absolute Gasteiger partial charge is 0.225 e. The molecule has 1 heterocycles. The summed E-state index contributed by atoms with van der Waals surface area (Å²) in [6.45, 7) is 1.42. The predicted molar refractivity (Wildman–Crippen MR) is 88.8 cm³/mol. The second-order valence-electron chi connectivity index (χ2n) is 4.12. The number of benzene rings is 1. The van der Waals surface area contributed by atoms with Gasteiger partial charge in [0.25, 0.3) is 0 Å². The van der Waals surface area contributed by atoms with Crippen LogP contribution in [0.2, 0.25) is 0 Å². The summed E-state index contributed by atoms with van der Waals surface area (Å²) in [7, 11) is 0. The van der Waals surface area contributed by atoms with Crippen LogP contribution in [0.25, 0.3) is 0 Å². The van der Waals surface area contributed by atoms with Crippen molar-refractivity contribution in [3.63, 3.8) is 0 Å². The minimum absolute atomic E-state index is 0. The maximum absolute atomic E-state index is 11.4. The highest BCUT2D eigenvalue weighted by atomic mass is 35.5. The molecule has 1 aromatic heterocycles. The van der Waals surface area contributed by atoms with Gasteiger partial charge in [0.1, 0.15) is 25.0 Å². The monoisotopic (exact) mass is 347 g/mol. The lowest BCUT2D eigenvalue weighted by Gasteiger charge is -2.09. The normalized spacial score (nSPS) is 9.32. The highest BCUT2D eigenvalue weighted by Gasteiger charge is 2.02. The van der Waals surface area contributed by atoms with Crippen molar-refractivity contribution in [3.05, 3.63) is 36.9 Å². The molecule has 122 valence electrons. The van der Waals surface area contributed by atoms with Crippen LogP contribution in [-0.4, -0.2) is 33.8 Å².